The van der Waals surface area contributed by atoms with E-state index in [2.05, 4.69) is 30.3 Å². The number of aryl methyl sites for hydroxylation is 2. The summed E-state index contributed by atoms with van der Waals surface area (Å²) in [5.41, 5.74) is 1.32. The normalized spacial score (nSPS) is 19.3. The van der Waals surface area contributed by atoms with Crippen molar-refractivity contribution in [3.8, 4) is 0 Å². The number of nitrogens with zero attached hydrogens (tertiary/aromatic N) is 1. The van der Waals surface area contributed by atoms with Crippen molar-refractivity contribution in [3.05, 3.63) is 23.2 Å². The Morgan fingerprint density at radius 2 is 2.13 bits per heavy atom. The molecule has 0 spiro atoms. The average molecular weight is 208 g/mol. The fraction of sp³-hybridized carbons (Fsp3) is 0.667. The quantitative estimate of drug-likeness (QED) is 0.822. The van der Waals surface area contributed by atoms with Gasteiger partial charge in [-0.05, 0) is 33.9 Å². The lowest BCUT2D eigenvalue weighted by atomic mass is 10.0. The van der Waals surface area contributed by atoms with E-state index in [1.54, 1.807) is 0 Å². The monoisotopic (exact) mass is 208 g/mol. The standard InChI is InChI=1S/C12H20N2O/c1-8-5-12(10(3)15-8)9(2)14(4)11-6-13-7-11/h5,9,11,13H,6-7H2,1-4H3. The topological polar surface area (TPSA) is 28.4 Å². The molecule has 1 fully saturated rings. The van der Waals surface area contributed by atoms with Crippen molar-refractivity contribution in [1.82, 2.24) is 10.2 Å². The predicted octanol–water partition coefficient (Wildman–Crippen LogP) is 1.86. The van der Waals surface area contributed by atoms with Gasteiger partial charge in [0, 0.05) is 30.7 Å². The molecule has 15 heavy (non-hydrogen) atoms. The first kappa shape index (κ1) is 10.7. The molecule has 1 unspecified atom stereocenters. The van der Waals surface area contributed by atoms with Gasteiger partial charge in [0.1, 0.15) is 11.5 Å². The lowest BCUT2D eigenvalue weighted by Gasteiger charge is -2.39. The van der Waals surface area contributed by atoms with Gasteiger partial charge in [0.2, 0.25) is 0 Å². The minimum Gasteiger partial charge on any atom is -0.466 e. The van der Waals surface area contributed by atoms with Gasteiger partial charge in [-0.2, -0.15) is 0 Å². The number of hydrogen-bond donors (Lipinski definition) is 1. The minimum atomic E-state index is 0.439. The van der Waals surface area contributed by atoms with Gasteiger partial charge in [-0.1, -0.05) is 0 Å². The Morgan fingerprint density at radius 3 is 2.53 bits per heavy atom. The van der Waals surface area contributed by atoms with Crippen LogP contribution in [-0.2, 0) is 0 Å². The molecule has 0 radical (unpaired) electrons. The minimum absolute atomic E-state index is 0.439. The highest BCUT2D eigenvalue weighted by molar-refractivity contribution is 5.23. The molecule has 1 N–H and O–H groups in total. The first-order valence-corrected chi connectivity index (χ1v) is 5.59. The highest BCUT2D eigenvalue weighted by Crippen LogP contribution is 2.27. The van der Waals surface area contributed by atoms with Crippen molar-refractivity contribution < 1.29 is 4.42 Å². The van der Waals surface area contributed by atoms with Crippen LogP contribution in [0.15, 0.2) is 10.5 Å². The molecule has 3 nitrogen and oxygen atoms in total. The van der Waals surface area contributed by atoms with Gasteiger partial charge in [-0.25, -0.2) is 0 Å². The Bertz CT molecular complexity index is 341. The molecule has 1 aromatic heterocycles. The molecule has 0 aliphatic carbocycles. The second-order valence-corrected chi connectivity index (χ2v) is 4.52. The smallest absolute Gasteiger partial charge is 0.105 e. The lowest BCUT2D eigenvalue weighted by Crippen LogP contribution is -2.56. The molecule has 0 saturated carbocycles. The maximum atomic E-state index is 5.57. The molecule has 0 bridgehead atoms. The predicted molar refractivity (Wildman–Crippen MR) is 61.0 cm³/mol. The van der Waals surface area contributed by atoms with Crippen LogP contribution < -0.4 is 5.32 Å². The van der Waals surface area contributed by atoms with E-state index in [1.165, 1.54) is 5.56 Å². The largest absolute Gasteiger partial charge is 0.466 e. The number of rotatable bonds is 3. The van der Waals surface area contributed by atoms with Crippen LogP contribution in [0.2, 0.25) is 0 Å². The van der Waals surface area contributed by atoms with Gasteiger partial charge in [0.15, 0.2) is 0 Å². The first-order chi connectivity index (χ1) is 7.09. The van der Waals surface area contributed by atoms with Crippen molar-refractivity contribution in [1.29, 1.82) is 0 Å². The van der Waals surface area contributed by atoms with Crippen LogP contribution in [-0.4, -0.2) is 31.1 Å². The van der Waals surface area contributed by atoms with Crippen molar-refractivity contribution in [2.24, 2.45) is 0 Å². The third kappa shape index (κ3) is 1.94. The number of furan rings is 1. The summed E-state index contributed by atoms with van der Waals surface area (Å²) in [7, 11) is 2.19. The Balaban J connectivity index is 2.12. The Hall–Kier alpha value is -0.800. The SMILES string of the molecule is Cc1cc(C(C)N(C)C2CNC2)c(C)o1. The van der Waals surface area contributed by atoms with Crippen LogP contribution in [0.5, 0.6) is 0 Å². The first-order valence-electron chi connectivity index (χ1n) is 5.59. The molecule has 2 heterocycles. The molecule has 0 aromatic carbocycles. The summed E-state index contributed by atoms with van der Waals surface area (Å²) in [6.45, 7) is 8.52. The number of hydrogen-bond acceptors (Lipinski definition) is 3. The van der Waals surface area contributed by atoms with Gasteiger partial charge in [0.05, 0.1) is 0 Å². The number of nitrogens with one attached hydrogen (secondary N) is 1. The van der Waals surface area contributed by atoms with Gasteiger partial charge in [-0.15, -0.1) is 0 Å². The fourth-order valence-corrected chi connectivity index (χ4v) is 2.16. The highest BCUT2D eigenvalue weighted by atomic mass is 16.3. The summed E-state index contributed by atoms with van der Waals surface area (Å²) in [6.07, 6.45) is 0. The van der Waals surface area contributed by atoms with Crippen molar-refractivity contribution in [2.75, 3.05) is 20.1 Å². The van der Waals surface area contributed by atoms with Crippen LogP contribution in [0.4, 0.5) is 0 Å². The number of likely N-dealkylation sites (N-methyl/N-ethyl adjacent to an activating group) is 1. The van der Waals surface area contributed by atoms with Crippen LogP contribution in [0.1, 0.15) is 30.0 Å². The molecular formula is C12H20N2O. The molecule has 1 atom stereocenters. The van der Waals surface area contributed by atoms with E-state index in [9.17, 15) is 0 Å². The molecular weight excluding hydrogens is 188 g/mol. The fourth-order valence-electron chi connectivity index (χ4n) is 2.16. The molecule has 1 aromatic rings. The maximum Gasteiger partial charge on any atom is 0.105 e. The zero-order chi connectivity index (χ0) is 11.0. The van der Waals surface area contributed by atoms with Crippen LogP contribution >= 0.6 is 0 Å². The van der Waals surface area contributed by atoms with Crippen molar-refractivity contribution >= 4 is 0 Å². The summed E-state index contributed by atoms with van der Waals surface area (Å²) in [5.74, 6) is 2.06. The Labute approximate surface area is 91.4 Å². The molecule has 2 rings (SSSR count). The Morgan fingerprint density at radius 1 is 1.47 bits per heavy atom. The summed E-state index contributed by atoms with van der Waals surface area (Å²) >= 11 is 0. The second-order valence-electron chi connectivity index (χ2n) is 4.52. The van der Waals surface area contributed by atoms with Gasteiger partial charge in [-0.3, -0.25) is 4.90 Å². The second kappa shape index (κ2) is 3.99. The average Bonchev–Trinajstić information content (AvgIpc) is 2.41. The maximum absolute atomic E-state index is 5.57. The van der Waals surface area contributed by atoms with Crippen molar-refractivity contribution in [3.63, 3.8) is 0 Å². The van der Waals surface area contributed by atoms with E-state index < -0.39 is 0 Å². The molecule has 3 heteroatoms. The van der Waals surface area contributed by atoms with Crippen LogP contribution in [0, 0.1) is 13.8 Å². The lowest BCUT2D eigenvalue weighted by molar-refractivity contribution is 0.135. The van der Waals surface area contributed by atoms with E-state index in [0.717, 1.165) is 24.6 Å². The van der Waals surface area contributed by atoms with E-state index in [1.807, 2.05) is 13.8 Å². The summed E-state index contributed by atoms with van der Waals surface area (Å²) in [6, 6.07) is 3.27. The van der Waals surface area contributed by atoms with Crippen LogP contribution in [0.25, 0.3) is 0 Å². The summed E-state index contributed by atoms with van der Waals surface area (Å²) in [4.78, 5) is 2.42. The highest BCUT2D eigenvalue weighted by Gasteiger charge is 2.27. The summed E-state index contributed by atoms with van der Waals surface area (Å²) < 4.78 is 5.57. The third-order valence-corrected chi connectivity index (χ3v) is 3.48. The molecule has 1 saturated heterocycles. The molecule has 1 aliphatic rings. The molecule has 84 valence electrons. The van der Waals surface area contributed by atoms with Crippen molar-refractivity contribution in [2.45, 2.75) is 32.9 Å². The molecule has 1 aliphatic heterocycles. The third-order valence-electron chi connectivity index (χ3n) is 3.48. The van der Waals surface area contributed by atoms with E-state index in [-0.39, 0.29) is 0 Å². The van der Waals surface area contributed by atoms with E-state index in [4.69, 9.17) is 4.42 Å². The van der Waals surface area contributed by atoms with Gasteiger partial charge in [0.25, 0.3) is 0 Å². The molecule has 0 amide bonds. The van der Waals surface area contributed by atoms with Gasteiger partial charge < -0.3 is 9.73 Å². The van der Waals surface area contributed by atoms with E-state index in [0.29, 0.717) is 12.1 Å². The zero-order valence-electron chi connectivity index (χ0n) is 10.0. The Kier molecular flexibility index (Phi) is 2.85. The summed E-state index contributed by atoms with van der Waals surface area (Å²) in [5, 5.41) is 3.30. The van der Waals surface area contributed by atoms with Gasteiger partial charge >= 0.3 is 0 Å². The zero-order valence-corrected chi connectivity index (χ0v) is 10.0. The van der Waals surface area contributed by atoms with Crippen LogP contribution in [0.3, 0.4) is 0 Å². The van der Waals surface area contributed by atoms with E-state index >= 15 is 0 Å².